The maximum atomic E-state index is 13.8. The number of rotatable bonds is 10. The SMILES string of the molecule is CSc1cc(F)c(F)cc1-c1ccc(OCc2cccc(C(=O)N(CC(=O)O)Cc3ccnn3C)c2)cc1. The number of aliphatic carboxylic acids is 1. The minimum Gasteiger partial charge on any atom is -0.489 e. The summed E-state index contributed by atoms with van der Waals surface area (Å²) >= 11 is 1.33. The van der Waals surface area contributed by atoms with Crippen LogP contribution in [0, 0.1) is 11.6 Å². The van der Waals surface area contributed by atoms with Gasteiger partial charge in [0.2, 0.25) is 0 Å². The number of carbonyl (C=O) groups is 2. The van der Waals surface area contributed by atoms with E-state index in [0.717, 1.165) is 11.1 Å². The largest absolute Gasteiger partial charge is 0.489 e. The van der Waals surface area contributed by atoms with E-state index in [-0.39, 0.29) is 13.2 Å². The third-order valence-corrected chi connectivity index (χ3v) is 6.65. The molecule has 1 aromatic heterocycles. The highest BCUT2D eigenvalue weighted by atomic mass is 32.2. The third-order valence-electron chi connectivity index (χ3n) is 5.88. The molecule has 196 valence electrons. The Labute approximate surface area is 222 Å². The van der Waals surface area contributed by atoms with Gasteiger partial charge in [0, 0.05) is 23.7 Å². The zero-order valence-corrected chi connectivity index (χ0v) is 21.5. The molecule has 1 heterocycles. The van der Waals surface area contributed by atoms with Crippen LogP contribution in [0.15, 0.2) is 77.8 Å². The summed E-state index contributed by atoms with van der Waals surface area (Å²) in [5.41, 5.74) is 3.08. The minimum absolute atomic E-state index is 0.102. The van der Waals surface area contributed by atoms with E-state index in [1.54, 1.807) is 78.8 Å². The number of hydrogen-bond donors (Lipinski definition) is 1. The fourth-order valence-electron chi connectivity index (χ4n) is 3.91. The Morgan fingerprint density at radius 3 is 2.45 bits per heavy atom. The highest BCUT2D eigenvalue weighted by Gasteiger charge is 2.20. The predicted octanol–water partition coefficient (Wildman–Crippen LogP) is 5.39. The van der Waals surface area contributed by atoms with Crippen molar-refractivity contribution in [3.63, 3.8) is 0 Å². The van der Waals surface area contributed by atoms with Crippen LogP contribution in [-0.4, -0.2) is 44.5 Å². The van der Waals surface area contributed by atoms with Gasteiger partial charge in [-0.3, -0.25) is 14.3 Å². The van der Waals surface area contributed by atoms with Gasteiger partial charge in [-0.25, -0.2) is 8.78 Å². The molecule has 0 atom stereocenters. The smallest absolute Gasteiger partial charge is 0.323 e. The van der Waals surface area contributed by atoms with Crippen LogP contribution in [0.5, 0.6) is 5.75 Å². The van der Waals surface area contributed by atoms with Gasteiger partial charge < -0.3 is 14.7 Å². The maximum Gasteiger partial charge on any atom is 0.323 e. The minimum atomic E-state index is -1.11. The number of halogens is 2. The summed E-state index contributed by atoms with van der Waals surface area (Å²) in [6, 6.07) is 17.9. The Morgan fingerprint density at radius 2 is 1.79 bits per heavy atom. The van der Waals surface area contributed by atoms with E-state index >= 15 is 0 Å². The lowest BCUT2D eigenvalue weighted by atomic mass is 10.1. The molecule has 38 heavy (non-hydrogen) atoms. The molecule has 7 nitrogen and oxygen atoms in total. The maximum absolute atomic E-state index is 13.8. The Hall–Kier alpha value is -4.18. The molecular formula is C28H25F2N3O4S. The first-order chi connectivity index (χ1) is 18.2. The Bertz CT molecular complexity index is 1460. The van der Waals surface area contributed by atoms with Crippen molar-refractivity contribution in [2.75, 3.05) is 12.8 Å². The van der Waals surface area contributed by atoms with Crippen molar-refractivity contribution in [1.82, 2.24) is 14.7 Å². The summed E-state index contributed by atoms with van der Waals surface area (Å²) < 4.78 is 34.9. The lowest BCUT2D eigenvalue weighted by Gasteiger charge is -2.21. The van der Waals surface area contributed by atoms with Gasteiger partial charge in [0.15, 0.2) is 11.6 Å². The van der Waals surface area contributed by atoms with E-state index in [1.165, 1.54) is 28.8 Å². The zero-order chi connectivity index (χ0) is 27.2. The van der Waals surface area contributed by atoms with Crippen molar-refractivity contribution in [3.05, 3.63) is 101 Å². The van der Waals surface area contributed by atoms with Gasteiger partial charge in [-0.2, -0.15) is 5.10 Å². The fourth-order valence-corrected chi connectivity index (χ4v) is 4.53. The number of carbonyl (C=O) groups excluding carboxylic acids is 1. The van der Waals surface area contributed by atoms with Crippen molar-refractivity contribution >= 4 is 23.6 Å². The van der Waals surface area contributed by atoms with Crippen LogP contribution in [0.2, 0.25) is 0 Å². The number of aromatic nitrogens is 2. The lowest BCUT2D eigenvalue weighted by Crippen LogP contribution is -2.35. The molecule has 0 saturated carbocycles. The van der Waals surface area contributed by atoms with Crippen LogP contribution in [-0.2, 0) is 25.0 Å². The van der Waals surface area contributed by atoms with Crippen LogP contribution in [0.1, 0.15) is 21.6 Å². The molecule has 4 aromatic rings. The highest BCUT2D eigenvalue weighted by Crippen LogP contribution is 2.33. The average Bonchev–Trinajstić information content (AvgIpc) is 3.32. The molecule has 0 aliphatic rings. The monoisotopic (exact) mass is 537 g/mol. The van der Waals surface area contributed by atoms with Gasteiger partial charge in [-0.05, 0) is 65.4 Å². The molecule has 3 aromatic carbocycles. The fraction of sp³-hybridized carbons (Fsp3) is 0.179. The molecule has 10 heteroatoms. The molecule has 0 fully saturated rings. The standard InChI is InChI=1S/C28H25F2N3O4S/c1-32-21(10-11-31-32)15-33(16-27(34)35)28(36)20-5-3-4-18(12-20)17-37-22-8-6-19(7-9-22)23-13-24(29)25(30)14-26(23)38-2/h3-14H,15-17H2,1-2H3,(H,34,35). The summed E-state index contributed by atoms with van der Waals surface area (Å²) in [7, 11) is 1.73. The van der Waals surface area contributed by atoms with Crippen molar-refractivity contribution in [2.45, 2.75) is 18.0 Å². The first-order valence-electron chi connectivity index (χ1n) is 11.6. The van der Waals surface area contributed by atoms with E-state index in [0.29, 0.717) is 27.5 Å². The lowest BCUT2D eigenvalue weighted by molar-refractivity contribution is -0.137. The molecule has 0 bridgehead atoms. The number of carboxylic acids is 1. The number of thioether (sulfide) groups is 1. The van der Waals surface area contributed by atoms with Crippen molar-refractivity contribution in [2.24, 2.45) is 7.05 Å². The van der Waals surface area contributed by atoms with E-state index in [4.69, 9.17) is 4.74 Å². The summed E-state index contributed by atoms with van der Waals surface area (Å²) in [5.74, 6) is -2.77. The number of nitrogens with zero attached hydrogens (tertiary/aromatic N) is 3. The number of ether oxygens (including phenoxy) is 1. The molecular weight excluding hydrogens is 512 g/mol. The second-order valence-corrected chi connectivity index (χ2v) is 9.33. The molecule has 0 saturated heterocycles. The average molecular weight is 538 g/mol. The number of benzene rings is 3. The third kappa shape index (κ3) is 6.38. The normalized spacial score (nSPS) is 10.8. The van der Waals surface area contributed by atoms with Crippen molar-refractivity contribution in [3.8, 4) is 16.9 Å². The van der Waals surface area contributed by atoms with Crippen LogP contribution < -0.4 is 4.74 Å². The van der Waals surface area contributed by atoms with E-state index in [9.17, 15) is 23.5 Å². The molecule has 0 aliphatic heterocycles. The van der Waals surface area contributed by atoms with Crippen LogP contribution in [0.3, 0.4) is 0 Å². The highest BCUT2D eigenvalue weighted by molar-refractivity contribution is 7.98. The van der Waals surface area contributed by atoms with Gasteiger partial charge >= 0.3 is 5.97 Å². The molecule has 0 radical (unpaired) electrons. The van der Waals surface area contributed by atoms with Gasteiger partial charge in [-0.15, -0.1) is 11.8 Å². The van der Waals surface area contributed by atoms with Crippen molar-refractivity contribution in [1.29, 1.82) is 0 Å². The summed E-state index contributed by atoms with van der Waals surface area (Å²) in [5, 5.41) is 13.4. The summed E-state index contributed by atoms with van der Waals surface area (Å²) in [4.78, 5) is 26.4. The summed E-state index contributed by atoms with van der Waals surface area (Å²) in [6.07, 6.45) is 3.38. The van der Waals surface area contributed by atoms with Gasteiger partial charge in [0.1, 0.15) is 18.9 Å². The topological polar surface area (TPSA) is 84.7 Å². The second kappa shape index (κ2) is 11.9. The predicted molar refractivity (Wildman–Crippen MR) is 140 cm³/mol. The number of hydrogen-bond acceptors (Lipinski definition) is 5. The van der Waals surface area contributed by atoms with E-state index < -0.39 is 30.1 Å². The molecule has 1 N–H and O–H groups in total. The number of carboxylic acid groups (broad SMARTS) is 1. The Morgan fingerprint density at radius 1 is 1.05 bits per heavy atom. The van der Waals surface area contributed by atoms with Crippen LogP contribution >= 0.6 is 11.8 Å². The quantitative estimate of drug-likeness (QED) is 0.273. The molecule has 1 amide bonds. The first kappa shape index (κ1) is 26.9. The van der Waals surface area contributed by atoms with Crippen LogP contribution in [0.25, 0.3) is 11.1 Å². The second-order valence-electron chi connectivity index (χ2n) is 8.48. The number of amides is 1. The van der Waals surface area contributed by atoms with Gasteiger partial charge in [0.05, 0.1) is 12.2 Å². The van der Waals surface area contributed by atoms with E-state index in [2.05, 4.69) is 5.10 Å². The summed E-state index contributed by atoms with van der Waals surface area (Å²) in [6.45, 7) is -0.180. The Balaban J connectivity index is 1.45. The first-order valence-corrected chi connectivity index (χ1v) is 12.8. The van der Waals surface area contributed by atoms with Crippen molar-refractivity contribution < 1.29 is 28.2 Å². The Kier molecular flexibility index (Phi) is 8.42. The molecule has 0 aliphatic carbocycles. The molecule has 0 unspecified atom stereocenters. The van der Waals surface area contributed by atoms with Gasteiger partial charge in [0.25, 0.3) is 5.91 Å². The molecule has 4 rings (SSSR count). The zero-order valence-electron chi connectivity index (χ0n) is 20.7. The van der Waals surface area contributed by atoms with Crippen LogP contribution in [0.4, 0.5) is 8.78 Å². The van der Waals surface area contributed by atoms with Gasteiger partial charge in [-0.1, -0.05) is 24.3 Å². The molecule has 0 spiro atoms. The van der Waals surface area contributed by atoms with E-state index in [1.807, 2.05) is 0 Å². The number of aryl methyl sites for hydroxylation is 1.